The normalized spacial score (nSPS) is 12.1. The van der Waals surface area contributed by atoms with Gasteiger partial charge in [0, 0.05) is 22.1 Å². The summed E-state index contributed by atoms with van der Waals surface area (Å²) in [5, 5.41) is 21.1. The van der Waals surface area contributed by atoms with Crippen LogP contribution in [0, 0.1) is 5.92 Å². The molecule has 0 heterocycles. The quantitative estimate of drug-likeness (QED) is 0.377. The zero-order valence-corrected chi connectivity index (χ0v) is 10.9. The molecule has 0 saturated heterocycles. The Hall–Kier alpha value is -1.22. The van der Waals surface area contributed by atoms with E-state index in [0.717, 1.165) is 6.42 Å². The van der Waals surface area contributed by atoms with Crippen LogP contribution in [0.4, 0.5) is 0 Å². The molecule has 1 aromatic rings. The number of phenolic OH excluding ortho intramolecular Hbond substituents is 1. The molecule has 2 N–H and O–H groups in total. The summed E-state index contributed by atoms with van der Waals surface area (Å²) in [5.41, 5.74) is 0.434. The average molecular weight is 282 g/mol. The van der Waals surface area contributed by atoms with Crippen molar-refractivity contribution in [3.05, 3.63) is 23.8 Å². The molecule has 0 aliphatic heterocycles. The summed E-state index contributed by atoms with van der Waals surface area (Å²) in [5.74, 6) is 0.857. The molecule has 0 saturated carbocycles. The number of oxime groups is 1. The molecular formula is C12H17NNiO3. The fourth-order valence-corrected chi connectivity index (χ4v) is 1.17. The van der Waals surface area contributed by atoms with E-state index in [9.17, 15) is 5.11 Å². The topological polar surface area (TPSA) is 62.0 Å². The van der Waals surface area contributed by atoms with Gasteiger partial charge < -0.3 is 15.1 Å². The first-order valence-electron chi connectivity index (χ1n) is 5.31. The van der Waals surface area contributed by atoms with Gasteiger partial charge in [0.25, 0.3) is 0 Å². The molecule has 0 amide bonds. The summed E-state index contributed by atoms with van der Waals surface area (Å²) in [4.78, 5) is 0. The van der Waals surface area contributed by atoms with Crippen LogP contribution in [0.3, 0.4) is 0 Å². The van der Waals surface area contributed by atoms with Crippen LogP contribution in [0.15, 0.2) is 23.4 Å². The van der Waals surface area contributed by atoms with Gasteiger partial charge in [-0.2, -0.15) is 0 Å². The predicted octanol–water partition coefficient (Wildman–Crippen LogP) is 2.62. The number of aromatic hydroxyl groups is 1. The third-order valence-corrected chi connectivity index (χ3v) is 2.45. The van der Waals surface area contributed by atoms with Crippen molar-refractivity contribution >= 4 is 6.21 Å². The van der Waals surface area contributed by atoms with E-state index < -0.39 is 0 Å². The van der Waals surface area contributed by atoms with Crippen LogP contribution in [0.2, 0.25) is 0 Å². The van der Waals surface area contributed by atoms with Crippen LogP contribution < -0.4 is 4.74 Å². The van der Waals surface area contributed by atoms with Crippen molar-refractivity contribution in [1.29, 1.82) is 0 Å². The van der Waals surface area contributed by atoms with Crippen LogP contribution in [-0.2, 0) is 16.5 Å². The van der Waals surface area contributed by atoms with Crippen molar-refractivity contribution in [3.8, 4) is 11.5 Å². The third kappa shape index (κ3) is 4.65. The van der Waals surface area contributed by atoms with Crippen LogP contribution in [0.1, 0.15) is 25.8 Å². The van der Waals surface area contributed by atoms with E-state index in [-0.39, 0.29) is 22.2 Å². The van der Waals surface area contributed by atoms with E-state index in [4.69, 9.17) is 9.94 Å². The molecule has 0 fully saturated rings. The van der Waals surface area contributed by atoms with E-state index in [1.165, 1.54) is 6.21 Å². The summed E-state index contributed by atoms with van der Waals surface area (Å²) < 4.78 is 5.48. The first kappa shape index (κ1) is 15.8. The smallest absolute Gasteiger partial charge is 0.166 e. The molecule has 1 unspecified atom stereocenters. The SMILES string of the molecule is CCC(C)COc1cccc(/C=N/O)c1O.[Ni]. The minimum absolute atomic E-state index is 0. The van der Waals surface area contributed by atoms with Crippen LogP contribution in [0.5, 0.6) is 11.5 Å². The zero-order chi connectivity index (χ0) is 12.0. The zero-order valence-electron chi connectivity index (χ0n) is 9.87. The Kier molecular flexibility index (Phi) is 7.39. The molecule has 17 heavy (non-hydrogen) atoms. The maximum atomic E-state index is 9.78. The Labute approximate surface area is 111 Å². The van der Waals surface area contributed by atoms with Gasteiger partial charge in [-0.3, -0.25) is 0 Å². The van der Waals surface area contributed by atoms with Crippen LogP contribution in [0.25, 0.3) is 0 Å². The molecule has 5 heteroatoms. The van der Waals surface area contributed by atoms with Gasteiger partial charge >= 0.3 is 0 Å². The van der Waals surface area contributed by atoms with Crippen molar-refractivity contribution in [2.45, 2.75) is 20.3 Å². The van der Waals surface area contributed by atoms with Gasteiger partial charge in [-0.05, 0) is 18.1 Å². The minimum Gasteiger partial charge on any atom is -0.504 e. The Morgan fingerprint density at radius 1 is 1.47 bits per heavy atom. The largest absolute Gasteiger partial charge is 0.504 e. The van der Waals surface area contributed by atoms with Crippen molar-refractivity contribution in [3.63, 3.8) is 0 Å². The van der Waals surface area contributed by atoms with Crippen molar-refractivity contribution in [2.75, 3.05) is 6.61 Å². The summed E-state index contributed by atoms with van der Waals surface area (Å²) in [6.45, 7) is 4.72. The molecule has 0 spiro atoms. The molecule has 0 aromatic heterocycles. The van der Waals surface area contributed by atoms with E-state index >= 15 is 0 Å². The van der Waals surface area contributed by atoms with Crippen molar-refractivity contribution in [1.82, 2.24) is 0 Å². The van der Waals surface area contributed by atoms with E-state index in [2.05, 4.69) is 19.0 Å². The third-order valence-electron chi connectivity index (χ3n) is 2.45. The Morgan fingerprint density at radius 3 is 2.76 bits per heavy atom. The molecule has 98 valence electrons. The standard InChI is InChI=1S/C12H17NO3.Ni/c1-3-9(2)8-16-11-6-4-5-10(7-13-15)12(11)14;/h4-7,9,14-15H,3,8H2,1-2H3;/b13-7+;. The molecule has 0 aliphatic carbocycles. The Morgan fingerprint density at radius 2 is 2.18 bits per heavy atom. The van der Waals surface area contributed by atoms with E-state index in [1.807, 2.05) is 0 Å². The van der Waals surface area contributed by atoms with Gasteiger partial charge in [0.15, 0.2) is 11.5 Å². The summed E-state index contributed by atoms with van der Waals surface area (Å²) in [6.07, 6.45) is 2.20. The van der Waals surface area contributed by atoms with E-state index in [0.29, 0.717) is 23.8 Å². The fraction of sp³-hybridized carbons (Fsp3) is 0.417. The number of phenols is 1. The predicted molar refractivity (Wildman–Crippen MR) is 62.4 cm³/mol. The van der Waals surface area contributed by atoms with Gasteiger partial charge in [0.05, 0.1) is 12.8 Å². The maximum absolute atomic E-state index is 9.78. The number of benzene rings is 1. The number of hydrogen-bond acceptors (Lipinski definition) is 4. The number of nitrogens with zero attached hydrogens (tertiary/aromatic N) is 1. The second-order valence-corrected chi connectivity index (χ2v) is 3.76. The van der Waals surface area contributed by atoms with Gasteiger partial charge in [-0.15, -0.1) is 0 Å². The van der Waals surface area contributed by atoms with Gasteiger partial charge in [-0.1, -0.05) is 31.5 Å². The van der Waals surface area contributed by atoms with Gasteiger partial charge in [0.1, 0.15) is 0 Å². The molecule has 0 radical (unpaired) electrons. The monoisotopic (exact) mass is 281 g/mol. The van der Waals surface area contributed by atoms with Crippen LogP contribution >= 0.6 is 0 Å². The Balaban J connectivity index is 0.00000256. The molecule has 1 aromatic carbocycles. The van der Waals surface area contributed by atoms with Crippen molar-refractivity contribution < 1.29 is 31.5 Å². The van der Waals surface area contributed by atoms with Gasteiger partial charge in [0.2, 0.25) is 0 Å². The second-order valence-electron chi connectivity index (χ2n) is 3.76. The first-order valence-corrected chi connectivity index (χ1v) is 5.31. The molecule has 1 atom stereocenters. The summed E-state index contributed by atoms with van der Waals surface area (Å²) >= 11 is 0. The Bertz CT molecular complexity index is 369. The molecular weight excluding hydrogens is 265 g/mol. The number of hydrogen-bond donors (Lipinski definition) is 2. The molecule has 0 bridgehead atoms. The number of para-hydroxylation sites is 1. The summed E-state index contributed by atoms with van der Waals surface area (Å²) in [7, 11) is 0. The minimum atomic E-state index is 0. The maximum Gasteiger partial charge on any atom is 0.166 e. The second kappa shape index (κ2) is 7.96. The first-order chi connectivity index (χ1) is 7.69. The molecule has 4 nitrogen and oxygen atoms in total. The summed E-state index contributed by atoms with van der Waals surface area (Å²) in [6, 6.07) is 5.07. The number of ether oxygens (including phenoxy) is 1. The number of rotatable bonds is 5. The van der Waals surface area contributed by atoms with Crippen LogP contribution in [-0.4, -0.2) is 23.1 Å². The van der Waals surface area contributed by atoms with E-state index in [1.54, 1.807) is 18.2 Å². The van der Waals surface area contributed by atoms with Gasteiger partial charge in [-0.25, -0.2) is 0 Å². The molecule has 0 aliphatic rings. The fourth-order valence-electron chi connectivity index (χ4n) is 1.17. The molecule has 1 rings (SSSR count). The average Bonchev–Trinajstić information content (AvgIpc) is 2.30. The van der Waals surface area contributed by atoms with Crippen molar-refractivity contribution in [2.24, 2.45) is 11.1 Å².